The predicted molar refractivity (Wildman–Crippen MR) is 159 cm³/mol. The highest BCUT2D eigenvalue weighted by Crippen LogP contribution is 2.38. The fourth-order valence-corrected chi connectivity index (χ4v) is 7.03. The highest BCUT2D eigenvalue weighted by Gasteiger charge is 2.39. The monoisotopic (exact) mass is 673 g/mol. The minimum atomic E-state index is -4.86. The lowest BCUT2D eigenvalue weighted by Crippen LogP contribution is -2.58. The molecule has 0 radical (unpaired) electrons. The minimum absolute atomic E-state index is 0.0169. The third kappa shape index (κ3) is 7.89. The van der Waals surface area contributed by atoms with Crippen molar-refractivity contribution in [2.45, 2.75) is 82.7 Å². The number of thiazole rings is 1. The Morgan fingerprint density at radius 3 is 2.39 bits per heavy atom. The molecule has 2 heterocycles. The number of alkyl halides is 6. The molecule has 1 saturated carbocycles. The lowest BCUT2D eigenvalue weighted by atomic mass is 9.92. The van der Waals surface area contributed by atoms with Crippen molar-refractivity contribution in [3.63, 3.8) is 0 Å². The number of ether oxygens (including phenoxy) is 1. The second-order valence-electron chi connectivity index (χ2n) is 11.9. The molecule has 1 amide bonds. The average Bonchev–Trinajstić information content (AvgIpc) is 3.39. The third-order valence-electron chi connectivity index (χ3n) is 8.52. The van der Waals surface area contributed by atoms with E-state index in [9.17, 15) is 41.3 Å². The van der Waals surface area contributed by atoms with Gasteiger partial charge in [0.15, 0.2) is 0 Å². The van der Waals surface area contributed by atoms with Crippen LogP contribution in [0.5, 0.6) is 0 Å². The zero-order valence-corrected chi connectivity index (χ0v) is 25.8. The van der Waals surface area contributed by atoms with Crippen LogP contribution in [-0.2, 0) is 28.4 Å². The van der Waals surface area contributed by atoms with E-state index < -0.39 is 34.1 Å². The molecule has 9 nitrogen and oxygen atoms in total. The summed E-state index contributed by atoms with van der Waals surface area (Å²) < 4.78 is 85.8. The molecule has 0 bridgehead atoms. The summed E-state index contributed by atoms with van der Waals surface area (Å²) in [5, 5.41) is 14.7. The molecule has 3 aromatic rings. The Kier molecular flexibility index (Phi) is 9.80. The molecule has 1 N–H and O–H groups in total. The molecule has 46 heavy (non-hydrogen) atoms. The molecule has 1 saturated heterocycles. The SMILES string of the molecule is C[C@@H]1CN(Cc2nc3cc(C(F)(F)F)ccc3s2)[C@@H](C)CN1C(=O)CO[C@H]1CC[C@H](Nc2ccc([N+](=O)[O-])c(C(F)(F)F)c2)CC1. The van der Waals surface area contributed by atoms with Crippen LogP contribution >= 0.6 is 11.3 Å². The normalized spacial score (nSPS) is 23.1. The summed E-state index contributed by atoms with van der Waals surface area (Å²) in [6.07, 6.45) is -7.11. The van der Waals surface area contributed by atoms with E-state index in [4.69, 9.17) is 4.74 Å². The van der Waals surface area contributed by atoms with E-state index in [-0.39, 0.29) is 42.4 Å². The van der Waals surface area contributed by atoms with Crippen LogP contribution in [0.4, 0.5) is 37.7 Å². The molecule has 0 spiro atoms. The van der Waals surface area contributed by atoms with Gasteiger partial charge in [-0.2, -0.15) is 26.3 Å². The molecule has 1 aromatic heterocycles. The Morgan fingerprint density at radius 1 is 1.02 bits per heavy atom. The van der Waals surface area contributed by atoms with Gasteiger partial charge >= 0.3 is 12.4 Å². The van der Waals surface area contributed by atoms with Crippen molar-refractivity contribution < 1.29 is 40.8 Å². The van der Waals surface area contributed by atoms with E-state index >= 15 is 0 Å². The maximum absolute atomic E-state index is 13.3. The largest absolute Gasteiger partial charge is 0.423 e. The summed E-state index contributed by atoms with van der Waals surface area (Å²) in [6.45, 7) is 5.29. The molecule has 2 aliphatic rings. The number of amides is 1. The number of nitro benzene ring substituents is 1. The van der Waals surface area contributed by atoms with E-state index in [1.54, 1.807) is 4.90 Å². The minimum Gasteiger partial charge on any atom is -0.382 e. The summed E-state index contributed by atoms with van der Waals surface area (Å²) in [7, 11) is 0. The summed E-state index contributed by atoms with van der Waals surface area (Å²) in [5.41, 5.74) is -2.57. The number of halogens is 6. The zero-order valence-electron chi connectivity index (χ0n) is 25.0. The summed E-state index contributed by atoms with van der Waals surface area (Å²) in [4.78, 5) is 31.4. The summed E-state index contributed by atoms with van der Waals surface area (Å²) in [5.74, 6) is -0.149. The number of carbonyl (C=O) groups is 1. The first-order valence-electron chi connectivity index (χ1n) is 14.8. The van der Waals surface area contributed by atoms with Crippen LogP contribution in [0.15, 0.2) is 36.4 Å². The number of benzene rings is 2. The van der Waals surface area contributed by atoms with Gasteiger partial charge in [0.1, 0.15) is 17.2 Å². The highest BCUT2D eigenvalue weighted by atomic mass is 32.1. The van der Waals surface area contributed by atoms with Gasteiger partial charge in [-0.15, -0.1) is 11.3 Å². The van der Waals surface area contributed by atoms with Gasteiger partial charge in [-0.05, 0) is 69.9 Å². The van der Waals surface area contributed by atoms with Crippen LogP contribution in [0.3, 0.4) is 0 Å². The van der Waals surface area contributed by atoms with Gasteiger partial charge in [-0.25, -0.2) is 4.98 Å². The van der Waals surface area contributed by atoms with Gasteiger partial charge in [0, 0.05) is 43.0 Å². The number of nitrogens with one attached hydrogen (secondary N) is 1. The molecule has 2 fully saturated rings. The van der Waals surface area contributed by atoms with E-state index in [0.29, 0.717) is 60.5 Å². The van der Waals surface area contributed by atoms with Crippen molar-refractivity contribution in [3.8, 4) is 0 Å². The molecular weight excluding hydrogens is 640 g/mol. The smallest absolute Gasteiger partial charge is 0.382 e. The Hall–Kier alpha value is -3.50. The first kappa shape index (κ1) is 33.9. The van der Waals surface area contributed by atoms with Crippen molar-refractivity contribution in [1.82, 2.24) is 14.8 Å². The van der Waals surface area contributed by atoms with Gasteiger partial charge in [0.05, 0.1) is 33.4 Å². The molecule has 16 heteroatoms. The van der Waals surface area contributed by atoms with Gasteiger partial charge in [0.25, 0.3) is 5.69 Å². The molecule has 0 unspecified atom stereocenters. The second-order valence-corrected chi connectivity index (χ2v) is 13.0. The van der Waals surface area contributed by atoms with Crippen LogP contribution in [0, 0.1) is 10.1 Å². The molecule has 5 rings (SSSR count). The number of rotatable bonds is 8. The maximum atomic E-state index is 13.3. The summed E-state index contributed by atoms with van der Waals surface area (Å²) >= 11 is 1.35. The van der Waals surface area contributed by atoms with Crippen LogP contribution in [-0.4, -0.2) is 69.5 Å². The van der Waals surface area contributed by atoms with E-state index in [2.05, 4.69) is 15.2 Å². The molecule has 250 valence electrons. The van der Waals surface area contributed by atoms with Crippen molar-refractivity contribution in [3.05, 3.63) is 62.6 Å². The predicted octanol–water partition coefficient (Wildman–Crippen LogP) is 7.10. The van der Waals surface area contributed by atoms with Gasteiger partial charge in [-0.3, -0.25) is 19.8 Å². The van der Waals surface area contributed by atoms with E-state index in [0.717, 1.165) is 24.3 Å². The molecule has 1 aliphatic heterocycles. The Balaban J connectivity index is 1.08. The number of aromatic nitrogens is 1. The number of hydrogen-bond donors (Lipinski definition) is 1. The molecular formula is C30H33F6N5O4S. The number of piperazine rings is 1. The number of nitrogens with zero attached hydrogens (tertiary/aromatic N) is 4. The van der Waals surface area contributed by atoms with Crippen molar-refractivity contribution in [1.29, 1.82) is 0 Å². The number of carbonyl (C=O) groups excluding carboxylic acids is 1. The maximum Gasteiger partial charge on any atom is 0.423 e. The number of hydrogen-bond acceptors (Lipinski definition) is 8. The van der Waals surface area contributed by atoms with Crippen molar-refractivity contribution in [2.24, 2.45) is 0 Å². The first-order valence-corrected chi connectivity index (χ1v) is 15.6. The quantitative estimate of drug-likeness (QED) is 0.155. The topological polar surface area (TPSA) is 101 Å². The molecule has 1 aliphatic carbocycles. The highest BCUT2D eigenvalue weighted by molar-refractivity contribution is 7.18. The van der Waals surface area contributed by atoms with Gasteiger partial charge in [-0.1, -0.05) is 0 Å². The third-order valence-corrected chi connectivity index (χ3v) is 9.54. The standard InChI is InChI=1S/C30H33F6N5O4S/c1-17-14-40(18(2)13-39(17)15-27-38-24-11-19(29(31,32)33)3-10-26(24)46-27)28(42)16-45-22-7-4-20(5-8-22)37-21-6-9-25(41(43)44)23(12-21)30(34,35)36/h3,6,9-12,17-18,20,22,37H,4-5,7-8,13-16H2,1-2H3/t17-,18+,20-,22-/m0/s1. The number of nitro groups is 1. The fourth-order valence-electron chi connectivity index (χ4n) is 6.05. The molecule has 2 aromatic carbocycles. The Labute approximate surface area is 264 Å². The van der Waals surface area contributed by atoms with E-state index in [1.165, 1.54) is 23.5 Å². The lowest BCUT2D eigenvalue weighted by Gasteiger charge is -2.44. The van der Waals surface area contributed by atoms with Crippen LogP contribution < -0.4 is 5.32 Å². The van der Waals surface area contributed by atoms with Crippen LogP contribution in [0.1, 0.15) is 55.7 Å². The van der Waals surface area contributed by atoms with Crippen molar-refractivity contribution >= 4 is 38.8 Å². The molecule has 2 atom stereocenters. The van der Waals surface area contributed by atoms with E-state index in [1.807, 2.05) is 13.8 Å². The van der Waals surface area contributed by atoms with Gasteiger partial charge < -0.3 is 15.0 Å². The van der Waals surface area contributed by atoms with Gasteiger partial charge in [0.2, 0.25) is 5.91 Å². The van der Waals surface area contributed by atoms with Crippen molar-refractivity contribution in [2.75, 3.05) is 25.0 Å². The first-order chi connectivity index (χ1) is 21.6. The zero-order chi connectivity index (χ0) is 33.4. The second kappa shape index (κ2) is 13.3. The Morgan fingerprint density at radius 2 is 1.74 bits per heavy atom. The fraction of sp³-hybridized carbons (Fsp3) is 0.533. The van der Waals surface area contributed by atoms with Crippen LogP contribution in [0.2, 0.25) is 0 Å². The number of anilines is 1. The Bertz CT molecular complexity index is 1570. The number of fused-ring (bicyclic) bond motifs is 1. The average molecular weight is 674 g/mol. The lowest BCUT2D eigenvalue weighted by molar-refractivity contribution is -0.388. The van der Waals surface area contributed by atoms with Crippen LogP contribution in [0.25, 0.3) is 10.2 Å². The summed E-state index contributed by atoms with van der Waals surface area (Å²) in [6, 6.07) is 6.15.